The Balaban J connectivity index is 1.64. The van der Waals surface area contributed by atoms with Crippen molar-refractivity contribution in [3.05, 3.63) is 95.6 Å². The third kappa shape index (κ3) is 5.11. The fraction of sp³-hybridized carbons (Fsp3) is 0.233. The van der Waals surface area contributed by atoms with Gasteiger partial charge >= 0.3 is 0 Å². The number of carbonyl (C=O) groups excluding carboxylic acids is 1. The molecule has 3 N–H and O–H groups in total. The van der Waals surface area contributed by atoms with Crippen molar-refractivity contribution in [3.63, 3.8) is 0 Å². The maximum atomic E-state index is 12.4. The molecule has 1 aliphatic rings. The molecule has 0 aliphatic carbocycles. The average molecular weight is 558 g/mol. The second kappa shape index (κ2) is 11.4. The highest BCUT2D eigenvalue weighted by molar-refractivity contribution is 7.80. The van der Waals surface area contributed by atoms with Crippen molar-refractivity contribution in [1.82, 2.24) is 14.9 Å². The van der Waals surface area contributed by atoms with Gasteiger partial charge in [-0.2, -0.15) is 0 Å². The molecule has 1 amide bonds. The maximum Gasteiger partial charge on any atom is 0.250 e. The summed E-state index contributed by atoms with van der Waals surface area (Å²) in [4.78, 5) is 19.1. The first kappa shape index (κ1) is 27.2. The highest BCUT2D eigenvalue weighted by Crippen LogP contribution is 2.45. The molecule has 0 saturated carbocycles. The van der Waals surface area contributed by atoms with Gasteiger partial charge in [0.1, 0.15) is 18.1 Å². The molecule has 1 saturated heterocycles. The van der Waals surface area contributed by atoms with Crippen LogP contribution in [0.25, 0.3) is 5.69 Å². The van der Waals surface area contributed by atoms with Crippen molar-refractivity contribution in [2.75, 3.05) is 31.0 Å². The molecule has 4 aromatic rings. The Bertz CT molecular complexity index is 1540. The number of hydrogen-bond donors (Lipinski definition) is 3. The minimum absolute atomic E-state index is 0.0787. The molecule has 2 atom stereocenters. The molecular weight excluding hydrogens is 526 g/mol. The van der Waals surface area contributed by atoms with Gasteiger partial charge < -0.3 is 34.7 Å². The van der Waals surface area contributed by atoms with Gasteiger partial charge in [-0.3, -0.25) is 9.78 Å². The Morgan fingerprint density at radius 2 is 1.82 bits per heavy atom. The van der Waals surface area contributed by atoms with Crippen LogP contribution in [0.1, 0.15) is 34.7 Å². The fourth-order valence-corrected chi connectivity index (χ4v) is 5.64. The summed E-state index contributed by atoms with van der Waals surface area (Å²) in [5, 5.41) is 16.7. The molecule has 1 fully saturated rings. The van der Waals surface area contributed by atoms with Gasteiger partial charge in [-0.25, -0.2) is 0 Å². The molecular formula is C30H31N5O4S. The lowest BCUT2D eigenvalue weighted by Gasteiger charge is -2.29. The Labute approximate surface area is 238 Å². The number of phenolic OH excluding ortho intramolecular Hbond substituents is 1. The van der Waals surface area contributed by atoms with Gasteiger partial charge in [-0.05, 0) is 92.3 Å². The van der Waals surface area contributed by atoms with Crippen molar-refractivity contribution >= 4 is 34.6 Å². The third-order valence-corrected chi connectivity index (χ3v) is 7.32. The van der Waals surface area contributed by atoms with Gasteiger partial charge in [0.2, 0.25) is 5.91 Å². The second-order valence-corrected chi connectivity index (χ2v) is 9.93. The van der Waals surface area contributed by atoms with Crippen LogP contribution < -0.4 is 20.3 Å². The van der Waals surface area contributed by atoms with Crippen LogP contribution in [0.5, 0.6) is 11.5 Å². The number of phenols is 1. The Kier molecular flexibility index (Phi) is 7.72. The summed E-state index contributed by atoms with van der Waals surface area (Å²) < 4.78 is 12.7. The number of carbonyl (C=O) groups is 1. The normalized spacial score (nSPS) is 16.6. The van der Waals surface area contributed by atoms with Crippen molar-refractivity contribution in [2.24, 2.45) is 0 Å². The molecule has 0 spiro atoms. The van der Waals surface area contributed by atoms with E-state index in [0.29, 0.717) is 16.5 Å². The molecule has 0 bridgehead atoms. The Morgan fingerprint density at radius 1 is 1.07 bits per heavy atom. The number of amides is 1. The van der Waals surface area contributed by atoms with Crippen LogP contribution >= 0.6 is 12.2 Å². The molecule has 10 heteroatoms. The second-order valence-electron chi connectivity index (χ2n) is 9.54. The zero-order chi connectivity index (χ0) is 28.4. The number of rotatable bonds is 8. The summed E-state index contributed by atoms with van der Waals surface area (Å²) in [5.74, 6) is 0.445. The van der Waals surface area contributed by atoms with Gasteiger partial charge in [-0.1, -0.05) is 6.07 Å². The van der Waals surface area contributed by atoms with E-state index in [4.69, 9.17) is 21.7 Å². The lowest BCUT2D eigenvalue weighted by molar-refractivity contribution is -0.119. The van der Waals surface area contributed by atoms with Gasteiger partial charge in [0.15, 0.2) is 5.11 Å². The summed E-state index contributed by atoms with van der Waals surface area (Å²) in [6, 6.07) is 20.2. The van der Waals surface area contributed by atoms with Crippen molar-refractivity contribution in [3.8, 4) is 17.2 Å². The van der Waals surface area contributed by atoms with Crippen LogP contribution in [0, 0.1) is 13.8 Å². The topological polar surface area (TPSA) is 101 Å². The standard InChI is InChI=1S/C30H31N5O4S/c1-18-15-23(19(2)34(18)20-8-11-22(36)12-9-20)29-28(24-7-5-6-14-31-24)33-30(40)35(29)21-10-13-26(39-4)25(16-21)32-27(37)17-38-3/h5-16,28-29,36H,17H2,1-4H3,(H,32,37)(H,33,40)/t28-,29+/m0/s1. The lowest BCUT2D eigenvalue weighted by Crippen LogP contribution is -2.29. The zero-order valence-corrected chi connectivity index (χ0v) is 23.5. The molecule has 5 rings (SSSR count). The molecule has 206 valence electrons. The number of aromatic nitrogens is 2. The smallest absolute Gasteiger partial charge is 0.250 e. The molecule has 1 aliphatic heterocycles. The Morgan fingerprint density at radius 3 is 2.50 bits per heavy atom. The number of aromatic hydroxyl groups is 1. The summed E-state index contributed by atoms with van der Waals surface area (Å²) in [7, 11) is 3.03. The molecule has 0 unspecified atom stereocenters. The third-order valence-electron chi connectivity index (χ3n) is 7.01. The monoisotopic (exact) mass is 557 g/mol. The van der Waals surface area contributed by atoms with Crippen molar-refractivity contribution < 1.29 is 19.4 Å². The largest absolute Gasteiger partial charge is 0.508 e. The minimum Gasteiger partial charge on any atom is -0.508 e. The van der Waals surface area contributed by atoms with E-state index in [0.717, 1.165) is 34.0 Å². The number of thiocarbonyl (C=S) groups is 1. The van der Waals surface area contributed by atoms with Crippen LogP contribution in [0.2, 0.25) is 0 Å². The number of nitrogens with one attached hydrogen (secondary N) is 2. The lowest BCUT2D eigenvalue weighted by atomic mass is 9.96. The van der Waals surface area contributed by atoms with Gasteiger partial charge in [-0.15, -0.1) is 0 Å². The molecule has 3 heterocycles. The number of hydrogen-bond acceptors (Lipinski definition) is 6. The van der Waals surface area contributed by atoms with Crippen LogP contribution in [0.3, 0.4) is 0 Å². The number of nitrogens with zero attached hydrogens (tertiary/aromatic N) is 3. The van der Waals surface area contributed by atoms with E-state index in [1.165, 1.54) is 7.11 Å². The highest BCUT2D eigenvalue weighted by atomic mass is 32.1. The summed E-state index contributed by atoms with van der Waals surface area (Å²) in [6.07, 6.45) is 1.77. The first-order valence-electron chi connectivity index (χ1n) is 12.8. The minimum atomic E-state index is -0.291. The molecule has 2 aromatic carbocycles. The predicted octanol–water partition coefficient (Wildman–Crippen LogP) is 4.97. The van der Waals surface area contributed by atoms with E-state index in [-0.39, 0.29) is 30.3 Å². The summed E-state index contributed by atoms with van der Waals surface area (Å²) in [5.41, 5.74) is 6.23. The van der Waals surface area contributed by atoms with E-state index in [2.05, 4.69) is 45.0 Å². The molecule has 9 nitrogen and oxygen atoms in total. The van der Waals surface area contributed by atoms with E-state index >= 15 is 0 Å². The summed E-state index contributed by atoms with van der Waals surface area (Å²) >= 11 is 5.92. The van der Waals surface area contributed by atoms with Gasteiger partial charge in [0.05, 0.1) is 30.6 Å². The summed E-state index contributed by atoms with van der Waals surface area (Å²) in [6.45, 7) is 4.06. The van der Waals surface area contributed by atoms with Crippen LogP contribution in [0.4, 0.5) is 11.4 Å². The molecule has 2 aromatic heterocycles. The number of pyridine rings is 1. The van der Waals surface area contributed by atoms with Gasteiger partial charge in [0, 0.05) is 36.1 Å². The van der Waals surface area contributed by atoms with E-state index < -0.39 is 0 Å². The first-order valence-corrected chi connectivity index (χ1v) is 13.2. The average Bonchev–Trinajstić information content (AvgIpc) is 3.44. The van der Waals surface area contributed by atoms with E-state index in [1.807, 2.05) is 48.5 Å². The number of methoxy groups -OCH3 is 2. The highest BCUT2D eigenvalue weighted by Gasteiger charge is 2.42. The Hall–Kier alpha value is -4.41. The first-order chi connectivity index (χ1) is 19.3. The van der Waals surface area contributed by atoms with Crippen molar-refractivity contribution in [1.29, 1.82) is 0 Å². The van der Waals surface area contributed by atoms with E-state index in [9.17, 15) is 9.90 Å². The number of aryl methyl sites for hydroxylation is 1. The van der Waals surface area contributed by atoms with Crippen LogP contribution in [-0.4, -0.2) is 46.5 Å². The molecule has 40 heavy (non-hydrogen) atoms. The maximum absolute atomic E-state index is 12.4. The quantitative estimate of drug-likeness (QED) is 0.261. The van der Waals surface area contributed by atoms with Gasteiger partial charge in [0.25, 0.3) is 0 Å². The molecule has 0 radical (unpaired) electrons. The van der Waals surface area contributed by atoms with Crippen molar-refractivity contribution in [2.45, 2.75) is 25.9 Å². The SMILES string of the molecule is COCC(=O)Nc1cc(N2C(=S)N[C@@H](c3ccccn3)[C@H]2c2cc(C)n(-c3ccc(O)cc3)c2C)ccc1OC. The van der Waals surface area contributed by atoms with E-state index in [1.54, 1.807) is 25.4 Å². The van der Waals surface area contributed by atoms with Crippen LogP contribution in [-0.2, 0) is 9.53 Å². The number of benzene rings is 2. The van der Waals surface area contributed by atoms with Crippen LogP contribution in [0.15, 0.2) is 72.9 Å². The fourth-order valence-electron chi connectivity index (χ4n) is 5.30. The number of anilines is 2. The predicted molar refractivity (Wildman–Crippen MR) is 158 cm³/mol. The number of ether oxygens (including phenoxy) is 2. The zero-order valence-electron chi connectivity index (χ0n) is 22.7.